The van der Waals surface area contributed by atoms with Crippen LogP contribution in [0, 0.1) is 0 Å². The fourth-order valence-electron chi connectivity index (χ4n) is 4.06. The van der Waals surface area contributed by atoms with Gasteiger partial charge < -0.3 is 19.4 Å². The molecule has 2 aliphatic heterocycles. The molecule has 0 spiro atoms. The average molecular weight is 449 g/mol. The number of hydrogen-bond acceptors (Lipinski definition) is 7. The van der Waals surface area contributed by atoms with Gasteiger partial charge in [0.25, 0.3) is 11.5 Å². The molecule has 2 aliphatic rings. The van der Waals surface area contributed by atoms with Crippen LogP contribution in [0.1, 0.15) is 21.5 Å². The van der Waals surface area contributed by atoms with Gasteiger partial charge in [-0.15, -0.1) is 0 Å². The summed E-state index contributed by atoms with van der Waals surface area (Å²) in [6, 6.07) is 9.14. The van der Waals surface area contributed by atoms with Gasteiger partial charge in [0.15, 0.2) is 11.5 Å². The van der Waals surface area contributed by atoms with E-state index in [1.165, 1.54) is 6.20 Å². The van der Waals surface area contributed by atoms with Crippen LogP contribution < -0.4 is 20.7 Å². The molecule has 0 aliphatic carbocycles. The maximum atomic E-state index is 13.1. The number of carbonyl (C=O) groups excluding carboxylic acids is 1. The molecule has 5 rings (SSSR count). The largest absolute Gasteiger partial charge is 0.454 e. The van der Waals surface area contributed by atoms with Gasteiger partial charge in [-0.25, -0.2) is 4.79 Å². The number of aromatic amines is 1. The summed E-state index contributed by atoms with van der Waals surface area (Å²) in [5, 5.41) is 0. The summed E-state index contributed by atoms with van der Waals surface area (Å²) in [4.78, 5) is 49.0. The first kappa shape index (κ1) is 21.0. The Hall–Kier alpha value is -3.92. The van der Waals surface area contributed by atoms with Crippen molar-refractivity contribution in [2.24, 2.45) is 0 Å². The van der Waals surface area contributed by atoms with Gasteiger partial charge in [0, 0.05) is 51.3 Å². The van der Waals surface area contributed by atoms with E-state index in [0.29, 0.717) is 43.2 Å². The van der Waals surface area contributed by atoms with Gasteiger partial charge in [-0.05, 0) is 29.3 Å². The summed E-state index contributed by atoms with van der Waals surface area (Å²) in [6.45, 7) is 3.30. The minimum Gasteiger partial charge on any atom is -0.454 e. The number of nitrogens with zero attached hydrogens (tertiary/aromatic N) is 4. The van der Waals surface area contributed by atoms with Crippen molar-refractivity contribution in [3.8, 4) is 11.5 Å². The van der Waals surface area contributed by atoms with Crippen molar-refractivity contribution < 1.29 is 14.3 Å². The SMILES string of the molecule is O=C(c1c[nH]c(=O)n(Cc2ccc3c(c2)OCO3)c1=O)N1CCN(Cc2cccnc2)CC1. The number of ether oxygens (including phenoxy) is 2. The number of pyridine rings is 1. The maximum Gasteiger partial charge on any atom is 0.328 e. The monoisotopic (exact) mass is 449 g/mol. The Labute approximate surface area is 189 Å². The lowest BCUT2D eigenvalue weighted by Gasteiger charge is -2.34. The number of fused-ring (bicyclic) bond motifs is 1. The molecular formula is C23H23N5O5. The quantitative estimate of drug-likeness (QED) is 0.610. The predicted octanol–water partition coefficient (Wildman–Crippen LogP) is 0.667. The van der Waals surface area contributed by atoms with Crippen LogP contribution in [0.5, 0.6) is 11.5 Å². The number of nitrogens with one attached hydrogen (secondary N) is 1. The summed E-state index contributed by atoms with van der Waals surface area (Å²) in [7, 11) is 0. The zero-order chi connectivity index (χ0) is 22.8. The van der Waals surface area contributed by atoms with Crippen molar-refractivity contribution in [1.82, 2.24) is 24.3 Å². The lowest BCUT2D eigenvalue weighted by atomic mass is 10.2. The second kappa shape index (κ2) is 8.91. The summed E-state index contributed by atoms with van der Waals surface area (Å²) in [5.41, 5.74) is 0.579. The van der Waals surface area contributed by atoms with E-state index in [1.807, 2.05) is 18.3 Å². The van der Waals surface area contributed by atoms with E-state index in [4.69, 9.17) is 9.47 Å². The van der Waals surface area contributed by atoms with Gasteiger partial charge in [-0.1, -0.05) is 12.1 Å². The molecule has 4 heterocycles. The highest BCUT2D eigenvalue weighted by Crippen LogP contribution is 2.32. The molecule has 0 radical (unpaired) electrons. The third kappa shape index (κ3) is 4.37. The highest BCUT2D eigenvalue weighted by molar-refractivity contribution is 5.93. The van der Waals surface area contributed by atoms with Crippen molar-refractivity contribution >= 4 is 5.91 Å². The zero-order valence-electron chi connectivity index (χ0n) is 17.9. The van der Waals surface area contributed by atoms with Crippen molar-refractivity contribution in [2.75, 3.05) is 33.0 Å². The first-order valence-corrected chi connectivity index (χ1v) is 10.7. The molecule has 1 amide bonds. The molecule has 170 valence electrons. The molecule has 0 saturated carbocycles. The molecule has 1 N–H and O–H groups in total. The van der Waals surface area contributed by atoms with Gasteiger partial charge in [0.2, 0.25) is 6.79 Å². The van der Waals surface area contributed by atoms with Crippen LogP contribution in [0.25, 0.3) is 0 Å². The standard InChI is InChI=1S/C23H23N5O5/c29-21(27-8-6-26(7-9-27)13-17-2-1-5-24-11-17)18-12-25-23(31)28(22(18)30)14-16-3-4-19-20(10-16)33-15-32-19/h1-5,10-12H,6-9,13-15H2,(H,25,31). The smallest absolute Gasteiger partial charge is 0.328 e. The fraction of sp³-hybridized carbons (Fsp3) is 0.304. The fourth-order valence-corrected chi connectivity index (χ4v) is 4.06. The number of piperazine rings is 1. The summed E-state index contributed by atoms with van der Waals surface area (Å²) >= 11 is 0. The van der Waals surface area contributed by atoms with Gasteiger partial charge in [-0.3, -0.25) is 24.0 Å². The molecule has 33 heavy (non-hydrogen) atoms. The summed E-state index contributed by atoms with van der Waals surface area (Å²) in [5.74, 6) is 0.802. The van der Waals surface area contributed by atoms with Crippen molar-refractivity contribution in [2.45, 2.75) is 13.1 Å². The van der Waals surface area contributed by atoms with E-state index in [1.54, 1.807) is 29.3 Å². The zero-order valence-corrected chi connectivity index (χ0v) is 17.9. The Balaban J connectivity index is 1.29. The Morgan fingerprint density at radius 2 is 1.82 bits per heavy atom. The maximum absolute atomic E-state index is 13.1. The van der Waals surface area contributed by atoms with Crippen LogP contribution in [-0.4, -0.2) is 63.2 Å². The Morgan fingerprint density at radius 1 is 1.00 bits per heavy atom. The Bertz CT molecular complexity index is 1280. The van der Waals surface area contributed by atoms with E-state index >= 15 is 0 Å². The van der Waals surface area contributed by atoms with Crippen molar-refractivity contribution in [1.29, 1.82) is 0 Å². The highest BCUT2D eigenvalue weighted by atomic mass is 16.7. The van der Waals surface area contributed by atoms with Crippen LogP contribution in [0.4, 0.5) is 0 Å². The third-order valence-electron chi connectivity index (χ3n) is 5.86. The average Bonchev–Trinajstić information content (AvgIpc) is 3.31. The minimum absolute atomic E-state index is 0.0187. The molecule has 10 heteroatoms. The Morgan fingerprint density at radius 3 is 2.61 bits per heavy atom. The normalized spacial score (nSPS) is 15.6. The molecule has 0 atom stereocenters. The lowest BCUT2D eigenvalue weighted by Crippen LogP contribution is -2.50. The van der Waals surface area contributed by atoms with Gasteiger partial charge in [0.1, 0.15) is 5.56 Å². The van der Waals surface area contributed by atoms with Gasteiger partial charge in [-0.2, -0.15) is 0 Å². The molecule has 1 fully saturated rings. The molecule has 0 bridgehead atoms. The second-order valence-corrected chi connectivity index (χ2v) is 8.02. The van der Waals surface area contributed by atoms with E-state index in [2.05, 4.69) is 14.9 Å². The number of hydrogen-bond donors (Lipinski definition) is 1. The first-order valence-electron chi connectivity index (χ1n) is 10.7. The topological polar surface area (TPSA) is 110 Å². The lowest BCUT2D eigenvalue weighted by molar-refractivity contribution is 0.0625. The van der Waals surface area contributed by atoms with Gasteiger partial charge in [0.05, 0.1) is 6.54 Å². The molecule has 3 aromatic rings. The Kier molecular flexibility index (Phi) is 5.66. The van der Waals surface area contributed by atoms with Crippen LogP contribution in [0.15, 0.2) is 58.5 Å². The van der Waals surface area contributed by atoms with Crippen molar-refractivity contribution in [3.05, 3.63) is 86.5 Å². The van der Waals surface area contributed by atoms with Crippen LogP contribution in [-0.2, 0) is 13.1 Å². The first-order chi connectivity index (χ1) is 16.1. The van der Waals surface area contributed by atoms with Crippen LogP contribution in [0.2, 0.25) is 0 Å². The van der Waals surface area contributed by atoms with Crippen LogP contribution in [0.3, 0.4) is 0 Å². The number of amides is 1. The third-order valence-corrected chi connectivity index (χ3v) is 5.86. The number of aromatic nitrogens is 3. The van der Waals surface area contributed by atoms with E-state index in [9.17, 15) is 14.4 Å². The number of H-pyrrole nitrogens is 1. The predicted molar refractivity (Wildman–Crippen MR) is 118 cm³/mol. The molecule has 2 aromatic heterocycles. The molecule has 0 unspecified atom stereocenters. The number of rotatable bonds is 5. The van der Waals surface area contributed by atoms with E-state index in [0.717, 1.165) is 16.7 Å². The molecule has 1 aromatic carbocycles. The van der Waals surface area contributed by atoms with Crippen LogP contribution >= 0.6 is 0 Å². The summed E-state index contributed by atoms with van der Waals surface area (Å²) < 4.78 is 11.7. The van der Waals surface area contributed by atoms with Gasteiger partial charge >= 0.3 is 5.69 Å². The number of benzene rings is 1. The second-order valence-electron chi connectivity index (χ2n) is 8.02. The van der Waals surface area contributed by atoms with E-state index < -0.39 is 11.2 Å². The van der Waals surface area contributed by atoms with Crippen molar-refractivity contribution in [3.63, 3.8) is 0 Å². The summed E-state index contributed by atoms with van der Waals surface area (Å²) in [6.07, 6.45) is 4.79. The van der Waals surface area contributed by atoms with E-state index in [-0.39, 0.29) is 24.8 Å². The molecular weight excluding hydrogens is 426 g/mol. The number of carbonyl (C=O) groups is 1. The molecule has 1 saturated heterocycles. The molecule has 10 nitrogen and oxygen atoms in total. The minimum atomic E-state index is -0.612. The highest BCUT2D eigenvalue weighted by Gasteiger charge is 2.25.